The first kappa shape index (κ1) is 21.7. The molecule has 6 nitrogen and oxygen atoms in total. The molecular formula is C21H37N5O. The van der Waals surface area contributed by atoms with E-state index in [-0.39, 0.29) is 0 Å². The monoisotopic (exact) mass is 375 g/mol. The summed E-state index contributed by atoms with van der Waals surface area (Å²) in [6.07, 6.45) is 0. The van der Waals surface area contributed by atoms with Crippen LogP contribution in [0.15, 0.2) is 29.3 Å². The molecule has 1 aliphatic heterocycles. The third-order valence-electron chi connectivity index (χ3n) is 4.85. The highest BCUT2D eigenvalue weighted by molar-refractivity contribution is 5.79. The lowest BCUT2D eigenvalue weighted by molar-refractivity contribution is 0.132. The van der Waals surface area contributed by atoms with E-state index in [4.69, 9.17) is 4.74 Å². The van der Waals surface area contributed by atoms with Gasteiger partial charge in [-0.1, -0.05) is 31.2 Å². The first-order valence-electron chi connectivity index (χ1n) is 10.4. The van der Waals surface area contributed by atoms with E-state index in [1.165, 1.54) is 43.9 Å². The minimum Gasteiger partial charge on any atom is -0.380 e. The van der Waals surface area contributed by atoms with Gasteiger partial charge in [-0.2, -0.15) is 0 Å². The Bertz CT molecular complexity index is 538. The fourth-order valence-corrected chi connectivity index (χ4v) is 3.17. The van der Waals surface area contributed by atoms with Crippen molar-refractivity contribution in [3.8, 4) is 0 Å². The lowest BCUT2D eigenvalue weighted by Crippen LogP contribution is -2.45. The average molecular weight is 376 g/mol. The number of piperazine rings is 1. The van der Waals surface area contributed by atoms with Gasteiger partial charge >= 0.3 is 0 Å². The van der Waals surface area contributed by atoms with Gasteiger partial charge in [0.1, 0.15) is 0 Å². The predicted octanol–water partition coefficient (Wildman–Crippen LogP) is 1.92. The fourth-order valence-electron chi connectivity index (χ4n) is 3.17. The van der Waals surface area contributed by atoms with Crippen LogP contribution in [0.1, 0.15) is 31.9 Å². The summed E-state index contributed by atoms with van der Waals surface area (Å²) in [6.45, 7) is 17.0. The van der Waals surface area contributed by atoms with Crippen LogP contribution in [0.25, 0.3) is 0 Å². The molecule has 0 amide bonds. The maximum atomic E-state index is 5.36. The Balaban J connectivity index is 1.79. The molecule has 0 unspecified atom stereocenters. The highest BCUT2D eigenvalue weighted by Crippen LogP contribution is 2.11. The predicted molar refractivity (Wildman–Crippen MR) is 113 cm³/mol. The van der Waals surface area contributed by atoms with Gasteiger partial charge in [0.15, 0.2) is 5.96 Å². The normalized spacial score (nSPS) is 16.5. The second-order valence-electron chi connectivity index (χ2n) is 6.85. The molecule has 1 aromatic carbocycles. The molecule has 1 aromatic rings. The maximum absolute atomic E-state index is 5.36. The fraction of sp³-hybridized carbons (Fsp3) is 0.667. The molecule has 152 valence electrons. The van der Waals surface area contributed by atoms with E-state index in [1.54, 1.807) is 0 Å². The van der Waals surface area contributed by atoms with E-state index in [9.17, 15) is 0 Å². The smallest absolute Gasteiger partial charge is 0.191 e. The zero-order valence-electron chi connectivity index (χ0n) is 17.3. The minimum atomic E-state index is 0.680. The summed E-state index contributed by atoms with van der Waals surface area (Å²) in [4.78, 5) is 9.73. The topological polar surface area (TPSA) is 52.1 Å². The second kappa shape index (κ2) is 12.7. The lowest BCUT2D eigenvalue weighted by Gasteiger charge is -2.34. The van der Waals surface area contributed by atoms with E-state index < -0.39 is 0 Å². The van der Waals surface area contributed by atoms with Crippen LogP contribution in [-0.2, 0) is 17.8 Å². The molecule has 27 heavy (non-hydrogen) atoms. The molecule has 2 rings (SSSR count). The van der Waals surface area contributed by atoms with Gasteiger partial charge in [-0.25, -0.2) is 4.99 Å². The van der Waals surface area contributed by atoms with Crippen LogP contribution < -0.4 is 10.6 Å². The molecule has 0 atom stereocenters. The van der Waals surface area contributed by atoms with Crippen molar-refractivity contribution in [1.82, 2.24) is 20.4 Å². The van der Waals surface area contributed by atoms with Crippen molar-refractivity contribution in [3.63, 3.8) is 0 Å². The number of benzene rings is 1. The number of likely N-dealkylation sites (N-methyl/N-ethyl adjacent to an activating group) is 1. The van der Waals surface area contributed by atoms with Crippen LogP contribution in [0.3, 0.4) is 0 Å². The summed E-state index contributed by atoms with van der Waals surface area (Å²) in [6, 6.07) is 8.88. The Morgan fingerprint density at radius 1 is 0.963 bits per heavy atom. The van der Waals surface area contributed by atoms with Gasteiger partial charge in [0.2, 0.25) is 0 Å². The van der Waals surface area contributed by atoms with Gasteiger partial charge in [-0.15, -0.1) is 0 Å². The van der Waals surface area contributed by atoms with Crippen LogP contribution in [0, 0.1) is 0 Å². The molecule has 1 saturated heterocycles. The third-order valence-corrected chi connectivity index (χ3v) is 4.85. The number of guanidine groups is 1. The van der Waals surface area contributed by atoms with Crippen molar-refractivity contribution < 1.29 is 4.74 Å². The Hall–Kier alpha value is -1.63. The SMILES string of the molecule is CCNC(=NCc1ccc(CN2CCN(CC)CC2)cc1)NCCOCC. The molecule has 1 fully saturated rings. The van der Waals surface area contributed by atoms with Crippen molar-refractivity contribution in [1.29, 1.82) is 0 Å². The number of nitrogens with one attached hydrogen (secondary N) is 2. The summed E-state index contributed by atoms with van der Waals surface area (Å²) >= 11 is 0. The summed E-state index contributed by atoms with van der Waals surface area (Å²) in [5.74, 6) is 0.843. The molecule has 0 spiro atoms. The molecule has 0 aliphatic carbocycles. The van der Waals surface area contributed by atoms with E-state index in [0.717, 1.165) is 32.2 Å². The molecule has 0 radical (unpaired) electrons. The first-order valence-corrected chi connectivity index (χ1v) is 10.4. The van der Waals surface area contributed by atoms with Gasteiger partial charge in [0.25, 0.3) is 0 Å². The molecule has 1 heterocycles. The van der Waals surface area contributed by atoms with Crippen molar-refractivity contribution >= 4 is 5.96 Å². The molecule has 6 heteroatoms. The van der Waals surface area contributed by atoms with Crippen molar-refractivity contribution in [2.45, 2.75) is 33.9 Å². The quantitative estimate of drug-likeness (QED) is 0.372. The Morgan fingerprint density at radius 3 is 2.26 bits per heavy atom. The van der Waals surface area contributed by atoms with Crippen molar-refractivity contribution in [3.05, 3.63) is 35.4 Å². The van der Waals surface area contributed by atoms with E-state index >= 15 is 0 Å². The average Bonchev–Trinajstić information content (AvgIpc) is 2.71. The summed E-state index contributed by atoms with van der Waals surface area (Å²) < 4.78 is 5.36. The van der Waals surface area contributed by atoms with Gasteiger partial charge in [-0.05, 0) is 31.5 Å². The Labute approximate surface area is 165 Å². The Kier molecular flexibility index (Phi) is 10.2. The van der Waals surface area contributed by atoms with Gasteiger partial charge in [0.05, 0.1) is 13.2 Å². The molecule has 1 aliphatic rings. The highest BCUT2D eigenvalue weighted by Gasteiger charge is 2.15. The maximum Gasteiger partial charge on any atom is 0.191 e. The van der Waals surface area contributed by atoms with Crippen LogP contribution in [0.5, 0.6) is 0 Å². The number of hydrogen-bond donors (Lipinski definition) is 2. The lowest BCUT2D eigenvalue weighted by atomic mass is 10.1. The van der Waals surface area contributed by atoms with E-state index in [1.807, 2.05) is 6.92 Å². The summed E-state index contributed by atoms with van der Waals surface area (Å²) in [5.41, 5.74) is 2.62. The molecule has 0 aromatic heterocycles. The summed E-state index contributed by atoms with van der Waals surface area (Å²) in [7, 11) is 0. The minimum absolute atomic E-state index is 0.680. The van der Waals surface area contributed by atoms with Crippen molar-refractivity contribution in [2.24, 2.45) is 4.99 Å². The van der Waals surface area contributed by atoms with Gasteiger partial charge in [-0.3, -0.25) is 4.90 Å². The second-order valence-corrected chi connectivity index (χ2v) is 6.85. The number of aliphatic imine (C=N–C) groups is 1. The zero-order valence-corrected chi connectivity index (χ0v) is 17.3. The van der Waals surface area contributed by atoms with Crippen molar-refractivity contribution in [2.75, 3.05) is 59.0 Å². The first-order chi connectivity index (χ1) is 13.2. The standard InChI is InChI=1S/C21H37N5O/c1-4-22-21(23-11-16-27-6-3)24-17-19-7-9-20(10-8-19)18-26-14-12-25(5-2)13-15-26/h7-10H,4-6,11-18H2,1-3H3,(H2,22,23,24). The van der Waals surface area contributed by atoms with E-state index in [2.05, 4.69) is 63.5 Å². The molecule has 2 N–H and O–H groups in total. The van der Waals surface area contributed by atoms with Crippen LogP contribution >= 0.6 is 0 Å². The summed E-state index contributed by atoms with van der Waals surface area (Å²) in [5, 5.41) is 6.58. The van der Waals surface area contributed by atoms with Crippen LogP contribution in [0.4, 0.5) is 0 Å². The zero-order chi connectivity index (χ0) is 19.3. The number of ether oxygens (including phenoxy) is 1. The third kappa shape index (κ3) is 8.28. The Morgan fingerprint density at radius 2 is 1.63 bits per heavy atom. The number of nitrogens with zero attached hydrogens (tertiary/aromatic N) is 3. The molecule has 0 bridgehead atoms. The highest BCUT2D eigenvalue weighted by atomic mass is 16.5. The number of hydrogen-bond acceptors (Lipinski definition) is 4. The van der Waals surface area contributed by atoms with Crippen LogP contribution in [0.2, 0.25) is 0 Å². The molecule has 0 saturated carbocycles. The van der Waals surface area contributed by atoms with Crippen LogP contribution in [-0.4, -0.2) is 74.8 Å². The largest absolute Gasteiger partial charge is 0.380 e. The van der Waals surface area contributed by atoms with Gasteiger partial charge in [0, 0.05) is 52.4 Å². The van der Waals surface area contributed by atoms with Gasteiger partial charge < -0.3 is 20.3 Å². The van der Waals surface area contributed by atoms with E-state index in [0.29, 0.717) is 13.2 Å². The molecular weight excluding hydrogens is 338 g/mol. The number of rotatable bonds is 10.